The zero-order valence-electron chi connectivity index (χ0n) is 9.96. The molecule has 0 heterocycles. The van der Waals surface area contributed by atoms with E-state index in [4.69, 9.17) is 4.74 Å². The summed E-state index contributed by atoms with van der Waals surface area (Å²) >= 11 is 0. The van der Waals surface area contributed by atoms with Gasteiger partial charge in [-0.05, 0) is 25.6 Å². The van der Waals surface area contributed by atoms with Crippen molar-refractivity contribution in [2.45, 2.75) is 19.4 Å². The van der Waals surface area contributed by atoms with E-state index in [1.54, 1.807) is 6.92 Å². The van der Waals surface area contributed by atoms with Gasteiger partial charge in [0.05, 0.1) is 12.1 Å². The van der Waals surface area contributed by atoms with Gasteiger partial charge in [0.2, 0.25) is 0 Å². The molecule has 1 aromatic carbocycles. The highest BCUT2D eigenvalue weighted by Crippen LogP contribution is 2.16. The predicted octanol–water partition coefficient (Wildman–Crippen LogP) is 1.70. The first kappa shape index (κ1) is 13.9. The Morgan fingerprint density at radius 3 is 2.59 bits per heavy atom. The van der Waals surface area contributed by atoms with Gasteiger partial charge in [-0.1, -0.05) is 6.92 Å². The number of halogens is 2. The maximum atomic E-state index is 12.9. The summed E-state index contributed by atoms with van der Waals surface area (Å²) in [7, 11) is 0. The molecule has 0 saturated heterocycles. The van der Waals surface area contributed by atoms with Crippen LogP contribution in [0.1, 0.15) is 13.8 Å². The summed E-state index contributed by atoms with van der Waals surface area (Å²) in [6, 6.07) is 3.34. The van der Waals surface area contributed by atoms with E-state index in [0.29, 0.717) is 6.54 Å². The molecule has 0 radical (unpaired) electrons. The van der Waals surface area contributed by atoms with Crippen molar-refractivity contribution in [3.05, 3.63) is 29.8 Å². The number of aliphatic hydroxyl groups excluding tert-OH is 1. The molecule has 3 nitrogen and oxygen atoms in total. The lowest BCUT2D eigenvalue weighted by Crippen LogP contribution is -2.50. The van der Waals surface area contributed by atoms with Gasteiger partial charge in [0.25, 0.3) is 0 Å². The Hall–Kier alpha value is -1.20. The van der Waals surface area contributed by atoms with Crippen molar-refractivity contribution < 1.29 is 18.6 Å². The molecule has 0 bridgehead atoms. The Bertz CT molecular complexity index is 374. The molecule has 5 heteroatoms. The van der Waals surface area contributed by atoms with Crippen LogP contribution >= 0.6 is 0 Å². The lowest BCUT2D eigenvalue weighted by Gasteiger charge is -2.28. The minimum absolute atomic E-state index is 0.107. The average Bonchev–Trinajstić information content (AvgIpc) is 2.31. The van der Waals surface area contributed by atoms with Crippen molar-refractivity contribution >= 4 is 0 Å². The Morgan fingerprint density at radius 1 is 1.35 bits per heavy atom. The number of hydrogen-bond donors (Lipinski definition) is 2. The molecular weight excluding hydrogens is 228 g/mol. The standard InChI is InChI=1S/C12H17F2NO2/c1-3-15-12(2,7-16)8-17-9-4-5-10(13)11(14)6-9/h4-6,15-16H,3,7-8H2,1-2H3. The Morgan fingerprint density at radius 2 is 2.06 bits per heavy atom. The van der Waals surface area contributed by atoms with Crippen molar-refractivity contribution in [1.29, 1.82) is 0 Å². The fraction of sp³-hybridized carbons (Fsp3) is 0.500. The highest BCUT2D eigenvalue weighted by atomic mass is 19.2. The predicted molar refractivity (Wildman–Crippen MR) is 61.0 cm³/mol. The Balaban J connectivity index is 2.62. The SMILES string of the molecule is CCNC(C)(CO)COc1ccc(F)c(F)c1. The molecule has 1 rings (SSSR count). The molecule has 96 valence electrons. The smallest absolute Gasteiger partial charge is 0.162 e. The molecule has 0 aliphatic rings. The zero-order valence-corrected chi connectivity index (χ0v) is 9.96. The third kappa shape index (κ3) is 3.94. The van der Waals surface area contributed by atoms with Gasteiger partial charge in [0.1, 0.15) is 12.4 Å². The third-order valence-corrected chi connectivity index (χ3v) is 2.40. The van der Waals surface area contributed by atoms with E-state index < -0.39 is 17.2 Å². The van der Waals surface area contributed by atoms with Gasteiger partial charge in [0.15, 0.2) is 11.6 Å². The molecule has 0 aliphatic heterocycles. The Kier molecular flexibility index (Phi) is 4.84. The van der Waals surface area contributed by atoms with Crippen LogP contribution in [-0.4, -0.2) is 30.4 Å². The molecule has 1 aromatic rings. The van der Waals surface area contributed by atoms with E-state index in [1.807, 2.05) is 6.92 Å². The molecule has 17 heavy (non-hydrogen) atoms. The summed E-state index contributed by atoms with van der Waals surface area (Å²) in [4.78, 5) is 0. The maximum absolute atomic E-state index is 12.9. The summed E-state index contributed by atoms with van der Waals surface area (Å²) in [6.07, 6.45) is 0. The summed E-state index contributed by atoms with van der Waals surface area (Å²) < 4.78 is 30.9. The molecule has 0 spiro atoms. The van der Waals surface area contributed by atoms with Crippen LogP contribution in [0, 0.1) is 11.6 Å². The second-order valence-electron chi connectivity index (χ2n) is 4.11. The van der Waals surface area contributed by atoms with Gasteiger partial charge in [-0.2, -0.15) is 0 Å². The second kappa shape index (κ2) is 5.93. The van der Waals surface area contributed by atoms with E-state index in [1.165, 1.54) is 6.07 Å². The lowest BCUT2D eigenvalue weighted by atomic mass is 10.1. The summed E-state index contributed by atoms with van der Waals surface area (Å²) in [5.41, 5.74) is -0.598. The highest BCUT2D eigenvalue weighted by Gasteiger charge is 2.23. The number of benzene rings is 1. The molecule has 0 aliphatic carbocycles. The molecular formula is C12H17F2NO2. The molecule has 0 fully saturated rings. The van der Waals surface area contributed by atoms with Crippen LogP contribution in [0.15, 0.2) is 18.2 Å². The molecule has 0 amide bonds. The van der Waals surface area contributed by atoms with Crippen LogP contribution in [-0.2, 0) is 0 Å². The van der Waals surface area contributed by atoms with Gasteiger partial charge in [-0.15, -0.1) is 0 Å². The van der Waals surface area contributed by atoms with Gasteiger partial charge < -0.3 is 15.2 Å². The van der Waals surface area contributed by atoms with E-state index in [-0.39, 0.29) is 19.0 Å². The van der Waals surface area contributed by atoms with Gasteiger partial charge in [-0.25, -0.2) is 8.78 Å². The fourth-order valence-corrected chi connectivity index (χ4v) is 1.39. The number of ether oxygens (including phenoxy) is 1. The average molecular weight is 245 g/mol. The van der Waals surface area contributed by atoms with Crippen LogP contribution in [0.4, 0.5) is 8.78 Å². The van der Waals surface area contributed by atoms with Crippen LogP contribution in [0.25, 0.3) is 0 Å². The second-order valence-corrected chi connectivity index (χ2v) is 4.11. The van der Waals surface area contributed by atoms with E-state index in [0.717, 1.165) is 12.1 Å². The molecule has 2 N–H and O–H groups in total. The number of likely N-dealkylation sites (N-methyl/N-ethyl adjacent to an activating group) is 1. The summed E-state index contributed by atoms with van der Waals surface area (Å²) in [6.45, 7) is 4.44. The van der Waals surface area contributed by atoms with E-state index in [2.05, 4.69) is 5.32 Å². The van der Waals surface area contributed by atoms with Crippen molar-refractivity contribution in [3.8, 4) is 5.75 Å². The maximum Gasteiger partial charge on any atom is 0.162 e. The molecule has 1 atom stereocenters. The Labute approximate surface area is 99.4 Å². The van der Waals surface area contributed by atoms with E-state index >= 15 is 0 Å². The first-order valence-electron chi connectivity index (χ1n) is 5.44. The third-order valence-electron chi connectivity index (χ3n) is 2.40. The monoisotopic (exact) mass is 245 g/mol. The first-order valence-corrected chi connectivity index (χ1v) is 5.44. The minimum atomic E-state index is -0.948. The summed E-state index contributed by atoms with van der Waals surface area (Å²) in [5.74, 6) is -1.62. The lowest BCUT2D eigenvalue weighted by molar-refractivity contribution is 0.117. The van der Waals surface area contributed by atoms with Crippen LogP contribution in [0.5, 0.6) is 5.75 Å². The largest absolute Gasteiger partial charge is 0.491 e. The van der Waals surface area contributed by atoms with Crippen LogP contribution < -0.4 is 10.1 Å². The van der Waals surface area contributed by atoms with Crippen LogP contribution in [0.2, 0.25) is 0 Å². The van der Waals surface area contributed by atoms with E-state index in [9.17, 15) is 13.9 Å². The molecule has 0 aromatic heterocycles. The van der Waals surface area contributed by atoms with Gasteiger partial charge >= 0.3 is 0 Å². The molecule has 0 saturated carbocycles. The topological polar surface area (TPSA) is 41.5 Å². The summed E-state index contributed by atoms with van der Waals surface area (Å²) in [5, 5.41) is 12.3. The van der Waals surface area contributed by atoms with Gasteiger partial charge in [-0.3, -0.25) is 0 Å². The van der Waals surface area contributed by atoms with Gasteiger partial charge in [0, 0.05) is 6.07 Å². The number of nitrogens with one attached hydrogen (secondary N) is 1. The van der Waals surface area contributed by atoms with Crippen molar-refractivity contribution in [1.82, 2.24) is 5.32 Å². The number of hydrogen-bond acceptors (Lipinski definition) is 3. The number of aliphatic hydroxyl groups is 1. The quantitative estimate of drug-likeness (QED) is 0.801. The first-order chi connectivity index (χ1) is 8.00. The molecule has 1 unspecified atom stereocenters. The fourth-order valence-electron chi connectivity index (χ4n) is 1.39. The van der Waals surface area contributed by atoms with Crippen molar-refractivity contribution in [2.24, 2.45) is 0 Å². The highest BCUT2D eigenvalue weighted by molar-refractivity contribution is 5.23. The minimum Gasteiger partial charge on any atom is -0.491 e. The zero-order chi connectivity index (χ0) is 12.9. The number of rotatable bonds is 6. The van der Waals surface area contributed by atoms with Crippen molar-refractivity contribution in [3.63, 3.8) is 0 Å². The van der Waals surface area contributed by atoms with Crippen molar-refractivity contribution in [2.75, 3.05) is 19.8 Å². The normalized spacial score (nSPS) is 14.4. The van der Waals surface area contributed by atoms with Crippen LogP contribution in [0.3, 0.4) is 0 Å².